The molecule has 0 aromatic carbocycles. The van der Waals surface area contributed by atoms with E-state index in [0.29, 0.717) is 25.8 Å². The van der Waals surface area contributed by atoms with Crippen LogP contribution in [-0.4, -0.2) is 32.7 Å². The van der Waals surface area contributed by atoms with Gasteiger partial charge in [-0.2, -0.15) is 0 Å². The molecule has 0 fully saturated rings. The molecule has 8 nitrogen and oxygen atoms in total. The van der Waals surface area contributed by atoms with E-state index in [9.17, 15) is 19.2 Å². The van der Waals surface area contributed by atoms with Crippen molar-refractivity contribution >= 4 is 11.9 Å². The zero-order chi connectivity index (χ0) is 15.8. The summed E-state index contributed by atoms with van der Waals surface area (Å²) in [4.78, 5) is 44.8. The second-order valence-corrected chi connectivity index (χ2v) is 4.68. The number of rotatable bonds is 8. The van der Waals surface area contributed by atoms with Crippen LogP contribution in [0.2, 0.25) is 0 Å². The molecule has 116 valence electrons. The summed E-state index contributed by atoms with van der Waals surface area (Å²) in [5.41, 5.74) is -0.964. The van der Waals surface area contributed by atoms with Gasteiger partial charge in [0, 0.05) is 32.3 Å². The third kappa shape index (κ3) is 5.64. The molecule has 0 bridgehead atoms. The van der Waals surface area contributed by atoms with Crippen molar-refractivity contribution in [3.05, 3.63) is 33.1 Å². The predicted molar refractivity (Wildman–Crippen MR) is 75.1 cm³/mol. The fourth-order valence-corrected chi connectivity index (χ4v) is 1.75. The lowest BCUT2D eigenvalue weighted by molar-refractivity contribution is -0.137. The van der Waals surface area contributed by atoms with E-state index in [-0.39, 0.29) is 18.9 Å². The molecule has 0 unspecified atom stereocenters. The molecule has 0 radical (unpaired) electrons. The lowest BCUT2D eigenvalue weighted by Gasteiger charge is -2.08. The molecule has 1 heterocycles. The van der Waals surface area contributed by atoms with E-state index in [1.165, 1.54) is 19.3 Å². The number of aliphatic carboxylic acids is 1. The minimum Gasteiger partial charge on any atom is -0.481 e. The fraction of sp³-hybridized carbons (Fsp3) is 0.538. The van der Waals surface area contributed by atoms with Gasteiger partial charge in [-0.3, -0.25) is 23.5 Å². The summed E-state index contributed by atoms with van der Waals surface area (Å²) in [7, 11) is 1.35. The maximum absolute atomic E-state index is 11.7. The predicted octanol–water partition coefficient (Wildman–Crippen LogP) is -0.692. The Morgan fingerprint density at radius 2 is 1.95 bits per heavy atom. The van der Waals surface area contributed by atoms with E-state index in [1.807, 2.05) is 0 Å². The van der Waals surface area contributed by atoms with Gasteiger partial charge in [-0.1, -0.05) is 6.42 Å². The Labute approximate surface area is 121 Å². The highest BCUT2D eigenvalue weighted by molar-refractivity contribution is 5.75. The number of aromatic nitrogens is 2. The first kappa shape index (κ1) is 16.7. The van der Waals surface area contributed by atoms with Gasteiger partial charge in [0.1, 0.15) is 6.54 Å². The molecule has 2 N–H and O–H groups in total. The quantitative estimate of drug-likeness (QED) is 0.617. The van der Waals surface area contributed by atoms with Gasteiger partial charge in [-0.05, 0) is 12.8 Å². The van der Waals surface area contributed by atoms with E-state index < -0.39 is 17.2 Å². The summed E-state index contributed by atoms with van der Waals surface area (Å²) < 4.78 is 2.08. The first-order valence-corrected chi connectivity index (χ1v) is 6.67. The second-order valence-electron chi connectivity index (χ2n) is 4.68. The summed E-state index contributed by atoms with van der Waals surface area (Å²) >= 11 is 0. The van der Waals surface area contributed by atoms with Crippen LogP contribution in [0.3, 0.4) is 0 Å². The van der Waals surface area contributed by atoms with Gasteiger partial charge in [-0.15, -0.1) is 0 Å². The van der Waals surface area contributed by atoms with Crippen LogP contribution in [-0.2, 0) is 23.2 Å². The summed E-state index contributed by atoms with van der Waals surface area (Å²) in [6.45, 7) is 0.279. The molecule has 1 amide bonds. The average Bonchev–Trinajstić information content (AvgIpc) is 2.43. The van der Waals surface area contributed by atoms with Gasteiger partial charge in [0.2, 0.25) is 5.91 Å². The normalized spacial score (nSPS) is 10.3. The van der Waals surface area contributed by atoms with Gasteiger partial charge in [0.25, 0.3) is 5.56 Å². The summed E-state index contributed by atoms with van der Waals surface area (Å²) in [6.07, 6.45) is 3.39. The molecule has 0 aliphatic carbocycles. The van der Waals surface area contributed by atoms with Crippen LogP contribution in [0.25, 0.3) is 0 Å². The third-order valence-corrected chi connectivity index (χ3v) is 2.96. The van der Waals surface area contributed by atoms with Crippen molar-refractivity contribution in [2.24, 2.45) is 7.05 Å². The highest BCUT2D eigenvalue weighted by Gasteiger charge is 2.06. The van der Waals surface area contributed by atoms with Crippen molar-refractivity contribution in [3.8, 4) is 0 Å². The van der Waals surface area contributed by atoms with Crippen LogP contribution in [0.15, 0.2) is 21.9 Å². The Balaban J connectivity index is 2.35. The molecule has 8 heteroatoms. The number of carbonyl (C=O) groups excluding carboxylic acids is 1. The Hall–Kier alpha value is -2.38. The molecule has 0 aliphatic heterocycles. The maximum Gasteiger partial charge on any atom is 0.331 e. The van der Waals surface area contributed by atoms with E-state index in [2.05, 4.69) is 5.32 Å². The Bertz CT molecular complexity index is 617. The Kier molecular flexibility index (Phi) is 6.38. The van der Waals surface area contributed by atoms with Crippen molar-refractivity contribution in [3.63, 3.8) is 0 Å². The maximum atomic E-state index is 11.7. The van der Waals surface area contributed by atoms with Gasteiger partial charge in [0.05, 0.1) is 0 Å². The summed E-state index contributed by atoms with van der Waals surface area (Å²) in [6, 6.07) is 1.22. The van der Waals surface area contributed by atoms with Crippen molar-refractivity contribution < 1.29 is 14.7 Å². The van der Waals surface area contributed by atoms with Crippen LogP contribution in [0.4, 0.5) is 0 Å². The number of amides is 1. The summed E-state index contributed by atoms with van der Waals surface area (Å²) in [5, 5.41) is 11.1. The largest absolute Gasteiger partial charge is 0.481 e. The molecule has 0 saturated carbocycles. The van der Waals surface area contributed by atoms with Crippen molar-refractivity contribution in [1.29, 1.82) is 0 Å². The van der Waals surface area contributed by atoms with Gasteiger partial charge in [0.15, 0.2) is 0 Å². The topological polar surface area (TPSA) is 110 Å². The van der Waals surface area contributed by atoms with E-state index in [4.69, 9.17) is 5.11 Å². The number of nitrogens with zero attached hydrogens (tertiary/aromatic N) is 2. The molecular weight excluding hydrogens is 278 g/mol. The number of carboxylic acids is 1. The van der Waals surface area contributed by atoms with Gasteiger partial charge >= 0.3 is 11.7 Å². The average molecular weight is 297 g/mol. The smallest absolute Gasteiger partial charge is 0.331 e. The fourth-order valence-electron chi connectivity index (χ4n) is 1.75. The van der Waals surface area contributed by atoms with Crippen LogP contribution >= 0.6 is 0 Å². The van der Waals surface area contributed by atoms with Crippen molar-refractivity contribution in [1.82, 2.24) is 14.5 Å². The SMILES string of the molecule is Cn1c(=O)ccn(CC(=O)NCCCCCC(=O)O)c1=O. The van der Waals surface area contributed by atoms with Crippen LogP contribution in [0, 0.1) is 0 Å². The van der Waals surface area contributed by atoms with E-state index in [0.717, 1.165) is 9.13 Å². The number of carboxylic acid groups (broad SMARTS) is 1. The molecule has 1 rings (SSSR count). The minimum absolute atomic E-state index is 0.126. The van der Waals surface area contributed by atoms with Crippen molar-refractivity contribution in [2.75, 3.05) is 6.54 Å². The van der Waals surface area contributed by atoms with E-state index in [1.54, 1.807) is 0 Å². The van der Waals surface area contributed by atoms with Gasteiger partial charge < -0.3 is 10.4 Å². The lowest BCUT2D eigenvalue weighted by Crippen LogP contribution is -2.40. The zero-order valence-electron chi connectivity index (χ0n) is 11.9. The second kappa shape index (κ2) is 8.03. The highest BCUT2D eigenvalue weighted by Crippen LogP contribution is 1.98. The number of carbonyl (C=O) groups is 2. The minimum atomic E-state index is -0.826. The molecule has 1 aromatic heterocycles. The standard InChI is InChI=1S/C13H19N3O5/c1-15-11(18)6-8-16(13(15)21)9-10(17)14-7-4-2-3-5-12(19)20/h6,8H,2-5,7,9H2,1H3,(H,14,17)(H,19,20). The molecule has 0 saturated heterocycles. The van der Waals surface area contributed by atoms with Crippen LogP contribution in [0.1, 0.15) is 25.7 Å². The molecule has 0 aliphatic rings. The Morgan fingerprint density at radius 3 is 2.62 bits per heavy atom. The number of nitrogens with one attached hydrogen (secondary N) is 1. The first-order valence-electron chi connectivity index (χ1n) is 6.67. The monoisotopic (exact) mass is 297 g/mol. The number of hydrogen-bond acceptors (Lipinski definition) is 4. The van der Waals surface area contributed by atoms with Gasteiger partial charge in [-0.25, -0.2) is 4.79 Å². The number of hydrogen-bond donors (Lipinski definition) is 2. The highest BCUT2D eigenvalue weighted by atomic mass is 16.4. The molecular formula is C13H19N3O5. The summed E-state index contributed by atoms with van der Waals surface area (Å²) in [5.74, 6) is -1.15. The lowest BCUT2D eigenvalue weighted by atomic mass is 10.2. The van der Waals surface area contributed by atoms with Crippen LogP contribution in [0.5, 0.6) is 0 Å². The zero-order valence-corrected chi connectivity index (χ0v) is 11.9. The van der Waals surface area contributed by atoms with Crippen molar-refractivity contribution in [2.45, 2.75) is 32.2 Å². The Morgan fingerprint density at radius 1 is 1.24 bits per heavy atom. The first-order chi connectivity index (χ1) is 9.91. The number of unbranched alkanes of at least 4 members (excludes halogenated alkanes) is 2. The van der Waals surface area contributed by atoms with E-state index >= 15 is 0 Å². The molecule has 1 aromatic rings. The van der Waals surface area contributed by atoms with Crippen LogP contribution < -0.4 is 16.6 Å². The molecule has 0 spiro atoms. The molecule has 21 heavy (non-hydrogen) atoms. The third-order valence-electron chi connectivity index (χ3n) is 2.96. The molecule has 0 atom stereocenters.